The van der Waals surface area contributed by atoms with Crippen LogP contribution in [0.4, 0.5) is 0 Å². The number of methoxy groups -OCH3 is 1. The molecule has 0 aliphatic heterocycles. The van der Waals surface area contributed by atoms with E-state index in [1.54, 1.807) is 30.2 Å². The maximum absolute atomic E-state index is 5.25. The zero-order valence-electron chi connectivity index (χ0n) is 15.2. The highest BCUT2D eigenvalue weighted by Gasteiger charge is 2.16. The number of ether oxygens (including phenoxy) is 1. The minimum Gasteiger partial charge on any atom is -0.497 e. The molecule has 27 heavy (non-hydrogen) atoms. The molecule has 2 aromatic carbocycles. The standard InChI is InChI=1S/C21H19N3OS2/c1-14-22-19-20(27-14)18(16-8-10-17(25-2)11-9-16)23-24-21(19)26-13-12-15-6-4-3-5-7-15/h3-11H,12-13H2,1-2H3. The molecule has 4 rings (SSSR count). The van der Waals surface area contributed by atoms with Crippen LogP contribution in [0.5, 0.6) is 5.75 Å². The second-order valence-electron chi connectivity index (χ2n) is 6.08. The van der Waals surface area contributed by atoms with Gasteiger partial charge in [0.1, 0.15) is 22.0 Å². The van der Waals surface area contributed by atoms with Crippen LogP contribution in [0.3, 0.4) is 0 Å². The highest BCUT2D eigenvalue weighted by molar-refractivity contribution is 7.99. The fourth-order valence-corrected chi connectivity index (χ4v) is 4.77. The molecule has 0 aliphatic carbocycles. The first-order valence-corrected chi connectivity index (χ1v) is 10.5. The highest BCUT2D eigenvalue weighted by Crippen LogP contribution is 2.35. The summed E-state index contributed by atoms with van der Waals surface area (Å²) in [5.41, 5.74) is 4.19. The van der Waals surface area contributed by atoms with E-state index in [1.165, 1.54) is 5.56 Å². The summed E-state index contributed by atoms with van der Waals surface area (Å²) in [6.07, 6.45) is 0.998. The Morgan fingerprint density at radius 2 is 1.78 bits per heavy atom. The van der Waals surface area contributed by atoms with Crippen LogP contribution in [0, 0.1) is 6.92 Å². The monoisotopic (exact) mass is 393 g/mol. The van der Waals surface area contributed by atoms with E-state index in [2.05, 4.69) is 34.5 Å². The number of thioether (sulfide) groups is 1. The lowest BCUT2D eigenvalue weighted by molar-refractivity contribution is 0.415. The highest BCUT2D eigenvalue weighted by atomic mass is 32.2. The van der Waals surface area contributed by atoms with Crippen molar-refractivity contribution in [1.82, 2.24) is 15.2 Å². The van der Waals surface area contributed by atoms with Crippen molar-refractivity contribution in [3.63, 3.8) is 0 Å². The van der Waals surface area contributed by atoms with Gasteiger partial charge in [0.15, 0.2) is 0 Å². The number of aromatic nitrogens is 3. The molecule has 0 saturated carbocycles. The predicted molar refractivity (Wildman–Crippen MR) is 113 cm³/mol. The first-order chi connectivity index (χ1) is 13.2. The van der Waals surface area contributed by atoms with Gasteiger partial charge in [-0.15, -0.1) is 33.3 Å². The second kappa shape index (κ2) is 8.06. The molecule has 136 valence electrons. The molecular formula is C21H19N3OS2. The minimum atomic E-state index is 0.830. The smallest absolute Gasteiger partial charge is 0.146 e. The summed E-state index contributed by atoms with van der Waals surface area (Å²) >= 11 is 3.39. The molecule has 0 N–H and O–H groups in total. The molecule has 0 saturated heterocycles. The predicted octanol–water partition coefficient (Wildman–Crippen LogP) is 5.41. The Labute approximate surface area is 166 Å². The average molecular weight is 394 g/mol. The third-order valence-electron chi connectivity index (χ3n) is 4.23. The Balaban J connectivity index is 1.61. The van der Waals surface area contributed by atoms with E-state index in [4.69, 9.17) is 9.72 Å². The second-order valence-corrected chi connectivity index (χ2v) is 8.36. The lowest BCUT2D eigenvalue weighted by Gasteiger charge is -2.06. The minimum absolute atomic E-state index is 0.830. The number of nitrogens with zero attached hydrogens (tertiary/aromatic N) is 3. The van der Waals surface area contributed by atoms with Crippen LogP contribution < -0.4 is 4.74 Å². The van der Waals surface area contributed by atoms with Crippen LogP contribution in [0.2, 0.25) is 0 Å². The van der Waals surface area contributed by atoms with Gasteiger partial charge in [0.05, 0.1) is 16.8 Å². The molecular weight excluding hydrogens is 374 g/mol. The Hall–Kier alpha value is -2.44. The zero-order chi connectivity index (χ0) is 18.6. The number of hydrogen-bond donors (Lipinski definition) is 0. The van der Waals surface area contributed by atoms with Gasteiger partial charge in [-0.3, -0.25) is 0 Å². The zero-order valence-corrected chi connectivity index (χ0v) is 16.8. The molecule has 0 unspecified atom stereocenters. The Morgan fingerprint density at radius 1 is 1.00 bits per heavy atom. The third-order valence-corrected chi connectivity index (χ3v) is 6.16. The van der Waals surface area contributed by atoms with Gasteiger partial charge in [-0.2, -0.15) is 0 Å². The number of aryl methyl sites for hydroxylation is 2. The van der Waals surface area contributed by atoms with Gasteiger partial charge in [0.2, 0.25) is 0 Å². The molecule has 0 radical (unpaired) electrons. The molecule has 6 heteroatoms. The molecule has 0 fully saturated rings. The van der Waals surface area contributed by atoms with Gasteiger partial charge >= 0.3 is 0 Å². The SMILES string of the molecule is COc1ccc(-c2nnc(SCCc3ccccc3)c3nc(C)sc23)cc1. The van der Waals surface area contributed by atoms with E-state index in [9.17, 15) is 0 Å². The fourth-order valence-electron chi connectivity index (χ4n) is 2.87. The summed E-state index contributed by atoms with van der Waals surface area (Å²) in [7, 11) is 1.67. The Morgan fingerprint density at radius 3 is 2.52 bits per heavy atom. The number of benzene rings is 2. The first kappa shape index (κ1) is 17.9. The summed E-state index contributed by atoms with van der Waals surface area (Å²) in [5.74, 6) is 1.78. The fraction of sp³-hybridized carbons (Fsp3) is 0.190. The van der Waals surface area contributed by atoms with Crippen molar-refractivity contribution in [2.24, 2.45) is 0 Å². The van der Waals surface area contributed by atoms with E-state index >= 15 is 0 Å². The molecule has 4 nitrogen and oxygen atoms in total. The van der Waals surface area contributed by atoms with Crippen LogP contribution in [-0.4, -0.2) is 28.0 Å². The summed E-state index contributed by atoms with van der Waals surface area (Å²) in [6, 6.07) is 18.4. The molecule has 0 atom stereocenters. The number of thiazole rings is 1. The average Bonchev–Trinajstić information content (AvgIpc) is 3.11. The molecule has 4 aromatic rings. The summed E-state index contributed by atoms with van der Waals surface area (Å²) in [4.78, 5) is 4.73. The van der Waals surface area contributed by atoms with Crippen molar-refractivity contribution in [3.05, 3.63) is 65.2 Å². The van der Waals surface area contributed by atoms with Crippen molar-refractivity contribution in [3.8, 4) is 17.0 Å². The maximum Gasteiger partial charge on any atom is 0.146 e. The van der Waals surface area contributed by atoms with Crippen LogP contribution in [0.1, 0.15) is 10.6 Å². The largest absolute Gasteiger partial charge is 0.497 e. The van der Waals surface area contributed by atoms with Gasteiger partial charge in [-0.25, -0.2) is 4.98 Å². The summed E-state index contributed by atoms with van der Waals surface area (Å²) < 4.78 is 6.34. The van der Waals surface area contributed by atoms with Crippen molar-refractivity contribution in [2.45, 2.75) is 18.4 Å². The molecule has 2 heterocycles. The van der Waals surface area contributed by atoms with E-state index in [0.717, 1.165) is 49.4 Å². The van der Waals surface area contributed by atoms with Gasteiger partial charge in [0, 0.05) is 11.3 Å². The van der Waals surface area contributed by atoms with E-state index in [0.29, 0.717) is 0 Å². The van der Waals surface area contributed by atoms with Gasteiger partial charge in [-0.1, -0.05) is 30.3 Å². The van der Waals surface area contributed by atoms with Crippen LogP contribution in [0.25, 0.3) is 21.5 Å². The Kier molecular flexibility index (Phi) is 5.36. The lowest BCUT2D eigenvalue weighted by Crippen LogP contribution is -1.95. The Bertz CT molecular complexity index is 1050. The van der Waals surface area contributed by atoms with E-state index < -0.39 is 0 Å². The van der Waals surface area contributed by atoms with Crippen molar-refractivity contribution in [1.29, 1.82) is 0 Å². The van der Waals surface area contributed by atoms with E-state index in [1.807, 2.05) is 37.3 Å². The lowest BCUT2D eigenvalue weighted by atomic mass is 10.1. The normalized spacial score (nSPS) is 11.0. The van der Waals surface area contributed by atoms with Crippen molar-refractivity contribution >= 4 is 33.3 Å². The summed E-state index contributed by atoms with van der Waals surface area (Å²) in [6.45, 7) is 2.03. The molecule has 0 bridgehead atoms. The molecule has 0 spiro atoms. The number of fused-ring (bicyclic) bond motifs is 1. The number of rotatable bonds is 6. The van der Waals surface area contributed by atoms with Crippen LogP contribution >= 0.6 is 23.1 Å². The third kappa shape index (κ3) is 3.96. The topological polar surface area (TPSA) is 47.9 Å². The van der Waals surface area contributed by atoms with Crippen LogP contribution in [0.15, 0.2) is 59.6 Å². The number of hydrogen-bond acceptors (Lipinski definition) is 6. The van der Waals surface area contributed by atoms with E-state index in [-0.39, 0.29) is 0 Å². The van der Waals surface area contributed by atoms with Gasteiger partial charge in [-0.05, 0) is 43.2 Å². The summed E-state index contributed by atoms with van der Waals surface area (Å²) in [5, 5.41) is 11.0. The maximum atomic E-state index is 5.25. The van der Waals surface area contributed by atoms with Crippen LogP contribution in [-0.2, 0) is 6.42 Å². The van der Waals surface area contributed by atoms with Gasteiger partial charge < -0.3 is 4.74 Å². The first-order valence-electron chi connectivity index (χ1n) is 8.69. The molecule has 0 amide bonds. The van der Waals surface area contributed by atoms with Gasteiger partial charge in [0.25, 0.3) is 0 Å². The molecule has 2 aromatic heterocycles. The quantitative estimate of drug-likeness (QED) is 0.410. The van der Waals surface area contributed by atoms with Crippen molar-refractivity contribution in [2.75, 3.05) is 12.9 Å². The van der Waals surface area contributed by atoms with Crippen molar-refractivity contribution < 1.29 is 4.74 Å². The molecule has 0 aliphatic rings.